The van der Waals surface area contributed by atoms with Crippen LogP contribution in [0, 0.1) is 0 Å². The number of aromatic nitrogens is 1. The Kier molecular flexibility index (Phi) is 4.77. The molecule has 116 valence electrons. The second kappa shape index (κ2) is 6.75. The molecule has 1 heterocycles. The molecule has 0 aliphatic heterocycles. The molecule has 0 fully saturated rings. The fraction of sp³-hybridized carbons (Fsp3) is 0.267. The van der Waals surface area contributed by atoms with E-state index < -0.39 is 24.0 Å². The highest BCUT2D eigenvalue weighted by Crippen LogP contribution is 2.19. The molecule has 2 rings (SSSR count). The van der Waals surface area contributed by atoms with Crippen LogP contribution >= 0.6 is 0 Å². The number of carbonyl (C=O) groups is 3. The number of carboxylic acid groups (broad SMARTS) is 1. The van der Waals surface area contributed by atoms with Crippen LogP contribution in [0.15, 0.2) is 30.5 Å². The number of H-pyrrole nitrogens is 1. The maximum atomic E-state index is 11.8. The lowest BCUT2D eigenvalue weighted by atomic mass is 10.0. The van der Waals surface area contributed by atoms with Crippen molar-refractivity contribution in [2.75, 3.05) is 0 Å². The highest BCUT2D eigenvalue weighted by Gasteiger charge is 2.24. The summed E-state index contributed by atoms with van der Waals surface area (Å²) in [5, 5.41) is 14.9. The van der Waals surface area contributed by atoms with Gasteiger partial charge in [0, 0.05) is 23.5 Å². The van der Waals surface area contributed by atoms with Crippen LogP contribution in [0.5, 0.6) is 0 Å². The van der Waals surface area contributed by atoms with Crippen LogP contribution in [0.25, 0.3) is 10.9 Å². The first kappa shape index (κ1) is 15.6. The number of para-hydroxylation sites is 1. The van der Waals surface area contributed by atoms with Crippen LogP contribution < -0.4 is 10.6 Å². The van der Waals surface area contributed by atoms with Gasteiger partial charge in [-0.15, -0.1) is 0 Å². The van der Waals surface area contributed by atoms with Crippen molar-refractivity contribution >= 4 is 29.2 Å². The third-order valence-electron chi connectivity index (χ3n) is 3.42. The van der Waals surface area contributed by atoms with Gasteiger partial charge < -0.3 is 20.7 Å². The van der Waals surface area contributed by atoms with E-state index in [9.17, 15) is 19.5 Å². The van der Waals surface area contributed by atoms with Crippen LogP contribution in [0.4, 0.5) is 0 Å². The Hall–Kier alpha value is -2.83. The number of carbonyl (C=O) groups excluding carboxylic acids is 2. The van der Waals surface area contributed by atoms with Gasteiger partial charge in [-0.2, -0.15) is 0 Å². The molecule has 0 saturated heterocycles. The molecule has 2 amide bonds. The van der Waals surface area contributed by atoms with Crippen molar-refractivity contribution in [3.63, 3.8) is 0 Å². The smallest absolute Gasteiger partial charge is 0.326 e. The maximum absolute atomic E-state index is 11.8. The van der Waals surface area contributed by atoms with Crippen molar-refractivity contribution in [1.82, 2.24) is 15.6 Å². The minimum Gasteiger partial charge on any atom is -0.480 e. The number of aromatic amines is 1. The van der Waals surface area contributed by atoms with E-state index >= 15 is 0 Å². The highest BCUT2D eigenvalue weighted by molar-refractivity contribution is 5.89. The van der Waals surface area contributed by atoms with Gasteiger partial charge >= 0.3 is 5.97 Å². The molecule has 0 bridgehead atoms. The zero-order chi connectivity index (χ0) is 16.1. The summed E-state index contributed by atoms with van der Waals surface area (Å²) in [7, 11) is 0. The number of rotatable bonds is 7. The minimum atomic E-state index is -1.13. The fourth-order valence-electron chi connectivity index (χ4n) is 2.19. The number of carboxylic acids is 1. The molecule has 0 spiro atoms. The van der Waals surface area contributed by atoms with Gasteiger partial charge in [-0.3, -0.25) is 9.59 Å². The second-order valence-electron chi connectivity index (χ2n) is 4.97. The molecule has 1 aromatic heterocycles. The summed E-state index contributed by atoms with van der Waals surface area (Å²) >= 11 is 0. The van der Waals surface area contributed by atoms with Crippen molar-refractivity contribution in [3.05, 3.63) is 36.0 Å². The zero-order valence-corrected chi connectivity index (χ0v) is 12.0. The van der Waals surface area contributed by atoms with E-state index in [0.717, 1.165) is 16.5 Å². The van der Waals surface area contributed by atoms with Crippen molar-refractivity contribution in [2.45, 2.75) is 25.4 Å². The average molecular weight is 303 g/mol. The molecular formula is C15H17N3O4. The molecule has 7 nitrogen and oxygen atoms in total. The summed E-state index contributed by atoms with van der Waals surface area (Å²) < 4.78 is 0. The van der Waals surface area contributed by atoms with Gasteiger partial charge in [-0.25, -0.2) is 4.79 Å². The standard InChI is InChI=1S/C15H17N3O4/c1-9(17-8-19)14(20)18-13(15(21)22)6-10-7-16-12-5-3-2-4-11(10)12/h2-5,7-9,13,16H,6H2,1H3,(H,17,19)(H,18,20)(H,21,22)/t9-,13-/m0/s1. The van der Waals surface area contributed by atoms with E-state index in [-0.39, 0.29) is 6.42 Å². The van der Waals surface area contributed by atoms with Crippen molar-refractivity contribution < 1.29 is 19.5 Å². The van der Waals surface area contributed by atoms with E-state index in [1.807, 2.05) is 24.3 Å². The van der Waals surface area contributed by atoms with Gasteiger partial charge in [0.2, 0.25) is 12.3 Å². The molecule has 2 aromatic rings. The van der Waals surface area contributed by atoms with Crippen molar-refractivity contribution in [3.8, 4) is 0 Å². The molecule has 0 radical (unpaired) electrons. The fourth-order valence-corrected chi connectivity index (χ4v) is 2.19. The lowest BCUT2D eigenvalue weighted by Gasteiger charge is -2.17. The van der Waals surface area contributed by atoms with Crippen LogP contribution in [0.2, 0.25) is 0 Å². The number of nitrogens with one attached hydrogen (secondary N) is 3. The minimum absolute atomic E-state index is 0.152. The molecule has 7 heteroatoms. The Bertz CT molecular complexity index is 695. The number of amides is 2. The van der Waals surface area contributed by atoms with Crippen molar-refractivity contribution in [1.29, 1.82) is 0 Å². The molecule has 4 N–H and O–H groups in total. The SMILES string of the molecule is C[C@H](NC=O)C(=O)N[C@@H](Cc1c[nH]c2ccccc12)C(=O)O. The first-order valence-electron chi connectivity index (χ1n) is 6.80. The van der Waals surface area contributed by atoms with Crippen LogP contribution in [0.3, 0.4) is 0 Å². The summed E-state index contributed by atoms with van der Waals surface area (Å²) in [6.07, 6.45) is 2.29. The third kappa shape index (κ3) is 3.43. The largest absolute Gasteiger partial charge is 0.480 e. The lowest BCUT2D eigenvalue weighted by Crippen LogP contribution is -2.49. The van der Waals surface area contributed by atoms with E-state index in [0.29, 0.717) is 6.41 Å². The predicted octanol–water partition coefficient (Wildman–Crippen LogP) is 0.414. The Morgan fingerprint density at radius 1 is 1.36 bits per heavy atom. The van der Waals surface area contributed by atoms with Gasteiger partial charge in [0.05, 0.1) is 0 Å². The summed E-state index contributed by atoms with van der Waals surface area (Å²) in [5.41, 5.74) is 1.71. The van der Waals surface area contributed by atoms with E-state index in [2.05, 4.69) is 15.6 Å². The first-order chi connectivity index (χ1) is 10.5. The third-order valence-corrected chi connectivity index (χ3v) is 3.42. The lowest BCUT2D eigenvalue weighted by molar-refractivity contribution is -0.142. The van der Waals surface area contributed by atoms with E-state index in [4.69, 9.17) is 0 Å². The molecule has 2 atom stereocenters. The Morgan fingerprint density at radius 3 is 2.77 bits per heavy atom. The zero-order valence-electron chi connectivity index (χ0n) is 12.0. The van der Waals surface area contributed by atoms with Gasteiger partial charge in [-0.1, -0.05) is 18.2 Å². The summed E-state index contributed by atoms with van der Waals surface area (Å²) in [6.45, 7) is 1.48. The topological polar surface area (TPSA) is 111 Å². The number of benzene rings is 1. The summed E-state index contributed by atoms with van der Waals surface area (Å²) in [4.78, 5) is 36.6. The Balaban J connectivity index is 2.14. The van der Waals surface area contributed by atoms with Gasteiger partial charge in [0.25, 0.3) is 0 Å². The maximum Gasteiger partial charge on any atom is 0.326 e. The number of hydrogen-bond donors (Lipinski definition) is 4. The quantitative estimate of drug-likeness (QED) is 0.555. The first-order valence-corrected chi connectivity index (χ1v) is 6.80. The molecule has 0 saturated carbocycles. The van der Waals surface area contributed by atoms with Gasteiger partial charge in [0.1, 0.15) is 12.1 Å². The molecule has 22 heavy (non-hydrogen) atoms. The number of fused-ring (bicyclic) bond motifs is 1. The average Bonchev–Trinajstić information content (AvgIpc) is 2.90. The number of aliphatic carboxylic acids is 1. The predicted molar refractivity (Wildman–Crippen MR) is 80.2 cm³/mol. The molecular weight excluding hydrogens is 286 g/mol. The van der Waals surface area contributed by atoms with Crippen molar-refractivity contribution in [2.24, 2.45) is 0 Å². The Labute approximate surface area is 126 Å². The van der Waals surface area contributed by atoms with E-state index in [1.165, 1.54) is 6.92 Å². The van der Waals surface area contributed by atoms with Crippen LogP contribution in [0.1, 0.15) is 12.5 Å². The molecule has 0 aliphatic carbocycles. The monoisotopic (exact) mass is 303 g/mol. The molecule has 1 aromatic carbocycles. The van der Waals surface area contributed by atoms with Gasteiger partial charge in [0.15, 0.2) is 0 Å². The van der Waals surface area contributed by atoms with Crippen LogP contribution in [-0.2, 0) is 20.8 Å². The molecule has 0 unspecified atom stereocenters. The van der Waals surface area contributed by atoms with Gasteiger partial charge in [-0.05, 0) is 18.6 Å². The molecule has 0 aliphatic rings. The number of hydrogen-bond acceptors (Lipinski definition) is 3. The van der Waals surface area contributed by atoms with Crippen LogP contribution in [-0.4, -0.2) is 40.5 Å². The Morgan fingerprint density at radius 2 is 2.09 bits per heavy atom. The highest BCUT2D eigenvalue weighted by atomic mass is 16.4. The van der Waals surface area contributed by atoms with E-state index in [1.54, 1.807) is 6.20 Å². The normalized spacial score (nSPS) is 13.3. The second-order valence-corrected chi connectivity index (χ2v) is 4.97. The summed E-state index contributed by atoms with van der Waals surface area (Å²) in [5.74, 6) is -1.67. The summed E-state index contributed by atoms with van der Waals surface area (Å²) in [6, 6.07) is 5.67.